The van der Waals surface area contributed by atoms with Gasteiger partial charge in [-0.1, -0.05) is 30.3 Å². The van der Waals surface area contributed by atoms with Crippen molar-refractivity contribution in [3.8, 4) is 0 Å². The van der Waals surface area contributed by atoms with E-state index in [1.807, 2.05) is 0 Å². The van der Waals surface area contributed by atoms with E-state index >= 15 is 0 Å². The molecule has 1 aromatic carbocycles. The highest BCUT2D eigenvalue weighted by Crippen LogP contribution is 2.38. The first-order valence-electron chi connectivity index (χ1n) is 8.78. The molecule has 0 unspecified atom stereocenters. The molecule has 0 aliphatic carbocycles. The van der Waals surface area contributed by atoms with Gasteiger partial charge < -0.3 is 5.11 Å². The maximum atomic E-state index is 9.97. The fourth-order valence-corrected chi connectivity index (χ4v) is 5.23. The zero-order chi connectivity index (χ0) is 15.3. The zero-order valence-corrected chi connectivity index (χ0v) is 14.4. The number of rotatable bonds is 6. The van der Waals surface area contributed by atoms with E-state index in [-0.39, 0.29) is 5.41 Å². The summed E-state index contributed by atoms with van der Waals surface area (Å²) in [5.74, 6) is 2.66. The lowest BCUT2D eigenvalue weighted by Gasteiger charge is -2.43. The number of piperidine rings is 1. The molecule has 1 aromatic rings. The molecule has 2 saturated heterocycles. The van der Waals surface area contributed by atoms with Crippen LogP contribution in [-0.4, -0.2) is 47.3 Å². The van der Waals surface area contributed by atoms with E-state index in [0.717, 1.165) is 12.5 Å². The van der Waals surface area contributed by atoms with Crippen LogP contribution < -0.4 is 0 Å². The Bertz CT molecular complexity index is 436. The predicted molar refractivity (Wildman–Crippen MR) is 95.4 cm³/mol. The Morgan fingerprint density at radius 2 is 1.95 bits per heavy atom. The summed E-state index contributed by atoms with van der Waals surface area (Å²) in [5.41, 5.74) is 1.62. The Kier molecular flexibility index (Phi) is 5.83. The summed E-state index contributed by atoms with van der Waals surface area (Å²) >= 11 is 2.10. The Morgan fingerprint density at radius 1 is 1.18 bits per heavy atom. The van der Waals surface area contributed by atoms with Gasteiger partial charge in [0, 0.05) is 18.4 Å². The second-order valence-electron chi connectivity index (χ2n) is 7.05. The van der Waals surface area contributed by atoms with Crippen molar-refractivity contribution in [2.45, 2.75) is 44.6 Å². The molecule has 22 heavy (non-hydrogen) atoms. The van der Waals surface area contributed by atoms with E-state index in [0.29, 0.717) is 6.61 Å². The number of hydrogen-bond acceptors (Lipinski definition) is 3. The van der Waals surface area contributed by atoms with Crippen molar-refractivity contribution in [1.29, 1.82) is 0 Å². The molecule has 1 N–H and O–H groups in total. The average Bonchev–Trinajstić information content (AvgIpc) is 3.11. The third kappa shape index (κ3) is 4.06. The van der Waals surface area contributed by atoms with Gasteiger partial charge in [0.1, 0.15) is 0 Å². The predicted octanol–water partition coefficient (Wildman–Crippen LogP) is 3.59. The minimum atomic E-state index is 0.191. The van der Waals surface area contributed by atoms with E-state index in [2.05, 4.69) is 47.0 Å². The fraction of sp³-hybridized carbons (Fsp3) is 0.684. The molecule has 0 saturated carbocycles. The molecule has 0 aromatic heterocycles. The summed E-state index contributed by atoms with van der Waals surface area (Å²) in [4.78, 5) is 2.69. The van der Waals surface area contributed by atoms with Crippen LogP contribution in [0.25, 0.3) is 0 Å². The van der Waals surface area contributed by atoms with Gasteiger partial charge in [-0.25, -0.2) is 0 Å². The highest BCUT2D eigenvalue weighted by molar-refractivity contribution is 7.99. The summed E-state index contributed by atoms with van der Waals surface area (Å²) < 4.78 is 0. The minimum absolute atomic E-state index is 0.191. The monoisotopic (exact) mass is 319 g/mol. The molecule has 2 nitrogen and oxygen atoms in total. The first kappa shape index (κ1) is 16.4. The van der Waals surface area contributed by atoms with Crippen LogP contribution in [-0.2, 0) is 6.42 Å². The summed E-state index contributed by atoms with van der Waals surface area (Å²) in [6, 6.07) is 11.6. The summed E-state index contributed by atoms with van der Waals surface area (Å²) in [6.07, 6.45) is 7.24. The molecule has 3 heteroatoms. The SMILES string of the molecule is OCC1(CCCc2ccccc2)CCN([C@@H]2CCSC2)CC1. The van der Waals surface area contributed by atoms with Gasteiger partial charge in [0.25, 0.3) is 0 Å². The van der Waals surface area contributed by atoms with Gasteiger partial charge in [0.2, 0.25) is 0 Å². The quantitative estimate of drug-likeness (QED) is 0.867. The van der Waals surface area contributed by atoms with Gasteiger partial charge in [0.15, 0.2) is 0 Å². The van der Waals surface area contributed by atoms with Crippen LogP contribution in [0.5, 0.6) is 0 Å². The van der Waals surface area contributed by atoms with Crippen molar-refractivity contribution >= 4 is 11.8 Å². The van der Waals surface area contributed by atoms with E-state index < -0.39 is 0 Å². The molecule has 2 heterocycles. The Labute approximate surface area is 139 Å². The normalized spacial score (nSPS) is 25.4. The lowest BCUT2D eigenvalue weighted by Crippen LogP contribution is -2.46. The van der Waals surface area contributed by atoms with Gasteiger partial charge in [-0.3, -0.25) is 4.90 Å². The molecule has 0 amide bonds. The third-order valence-electron chi connectivity index (χ3n) is 5.63. The molecule has 2 aliphatic heterocycles. The second-order valence-corrected chi connectivity index (χ2v) is 8.20. The molecule has 2 aliphatic rings. The highest BCUT2D eigenvalue weighted by Gasteiger charge is 2.36. The van der Waals surface area contributed by atoms with Crippen molar-refractivity contribution in [2.24, 2.45) is 5.41 Å². The summed E-state index contributed by atoms with van der Waals surface area (Å²) in [6.45, 7) is 2.75. The Hall–Kier alpha value is -0.510. The highest BCUT2D eigenvalue weighted by atomic mass is 32.2. The van der Waals surface area contributed by atoms with Crippen LogP contribution in [0.2, 0.25) is 0 Å². The lowest BCUT2D eigenvalue weighted by atomic mass is 9.74. The number of aliphatic hydroxyl groups is 1. The van der Waals surface area contributed by atoms with E-state index in [4.69, 9.17) is 0 Å². The van der Waals surface area contributed by atoms with Gasteiger partial charge >= 0.3 is 0 Å². The van der Waals surface area contributed by atoms with Gasteiger partial charge in [-0.05, 0) is 68.3 Å². The largest absolute Gasteiger partial charge is 0.396 e. The van der Waals surface area contributed by atoms with E-state index in [9.17, 15) is 5.11 Å². The maximum Gasteiger partial charge on any atom is 0.0488 e. The molecule has 122 valence electrons. The van der Waals surface area contributed by atoms with Gasteiger partial charge in [0.05, 0.1) is 0 Å². The number of thioether (sulfide) groups is 1. The smallest absolute Gasteiger partial charge is 0.0488 e. The number of aliphatic hydroxyl groups excluding tert-OH is 1. The first-order chi connectivity index (χ1) is 10.8. The van der Waals surface area contributed by atoms with Crippen molar-refractivity contribution in [3.63, 3.8) is 0 Å². The van der Waals surface area contributed by atoms with Crippen LogP contribution in [0.1, 0.15) is 37.7 Å². The van der Waals surface area contributed by atoms with Crippen molar-refractivity contribution in [3.05, 3.63) is 35.9 Å². The molecule has 1 atom stereocenters. The van der Waals surface area contributed by atoms with E-state index in [1.165, 1.54) is 62.3 Å². The Morgan fingerprint density at radius 3 is 2.59 bits per heavy atom. The number of likely N-dealkylation sites (tertiary alicyclic amines) is 1. The fourth-order valence-electron chi connectivity index (χ4n) is 3.97. The minimum Gasteiger partial charge on any atom is -0.396 e. The standard InChI is InChI=1S/C19H29NOS/c21-16-19(9-4-7-17-5-2-1-3-6-17)10-12-20(13-11-19)18-8-14-22-15-18/h1-3,5-6,18,21H,4,7-16H2/t18-/m1/s1. The Balaban J connectivity index is 1.46. The van der Waals surface area contributed by atoms with Crippen LogP contribution in [0.15, 0.2) is 30.3 Å². The maximum absolute atomic E-state index is 9.97. The van der Waals surface area contributed by atoms with Crippen LogP contribution in [0, 0.1) is 5.41 Å². The lowest BCUT2D eigenvalue weighted by molar-refractivity contribution is 0.0238. The summed E-state index contributed by atoms with van der Waals surface area (Å²) in [5, 5.41) is 9.97. The first-order valence-corrected chi connectivity index (χ1v) is 9.93. The molecule has 0 spiro atoms. The average molecular weight is 320 g/mol. The number of hydrogen-bond donors (Lipinski definition) is 1. The summed E-state index contributed by atoms with van der Waals surface area (Å²) in [7, 11) is 0. The van der Waals surface area contributed by atoms with Gasteiger partial charge in [-0.15, -0.1) is 0 Å². The van der Waals surface area contributed by atoms with Crippen molar-refractivity contribution < 1.29 is 5.11 Å². The number of benzene rings is 1. The third-order valence-corrected chi connectivity index (χ3v) is 6.78. The van der Waals surface area contributed by atoms with E-state index in [1.54, 1.807) is 0 Å². The number of aryl methyl sites for hydroxylation is 1. The molecule has 3 rings (SSSR count). The van der Waals surface area contributed by atoms with Crippen LogP contribution in [0.4, 0.5) is 0 Å². The number of nitrogens with zero attached hydrogens (tertiary/aromatic N) is 1. The van der Waals surface area contributed by atoms with Crippen LogP contribution in [0.3, 0.4) is 0 Å². The topological polar surface area (TPSA) is 23.5 Å². The molecular weight excluding hydrogens is 290 g/mol. The van der Waals surface area contributed by atoms with Crippen molar-refractivity contribution in [2.75, 3.05) is 31.2 Å². The van der Waals surface area contributed by atoms with Crippen LogP contribution >= 0.6 is 11.8 Å². The second kappa shape index (κ2) is 7.85. The molecule has 0 radical (unpaired) electrons. The molecular formula is C19H29NOS. The van der Waals surface area contributed by atoms with Gasteiger partial charge in [-0.2, -0.15) is 11.8 Å². The molecule has 0 bridgehead atoms. The molecule has 2 fully saturated rings. The zero-order valence-electron chi connectivity index (χ0n) is 13.5. The van der Waals surface area contributed by atoms with Crippen molar-refractivity contribution in [1.82, 2.24) is 4.90 Å².